The van der Waals surface area contributed by atoms with Gasteiger partial charge in [0.2, 0.25) is 0 Å². The number of aliphatic carboxylic acids is 1. The predicted molar refractivity (Wildman–Crippen MR) is 66.5 cm³/mol. The van der Waals surface area contributed by atoms with Crippen molar-refractivity contribution in [1.29, 1.82) is 0 Å². The standard InChI is InChI=1S/C13H13FN2O3/c1-19-11-3-2-8(6-9(11)14)10-7-15-12(16-10)4-5-13(17)18/h2-3,6-7H,4-5H2,1H3,(H,15,16)(H,17,18). The molecule has 0 fully saturated rings. The molecular weight excluding hydrogens is 251 g/mol. The fraction of sp³-hybridized carbons (Fsp3) is 0.231. The summed E-state index contributed by atoms with van der Waals surface area (Å²) in [7, 11) is 1.40. The number of carboxylic acid groups (broad SMARTS) is 1. The van der Waals surface area contributed by atoms with Crippen molar-refractivity contribution >= 4 is 5.97 Å². The molecule has 2 rings (SSSR count). The number of aryl methyl sites for hydroxylation is 1. The van der Waals surface area contributed by atoms with Crippen molar-refractivity contribution in [2.75, 3.05) is 7.11 Å². The number of rotatable bonds is 5. The Morgan fingerprint density at radius 1 is 1.53 bits per heavy atom. The first-order valence-electron chi connectivity index (χ1n) is 5.69. The molecule has 0 aliphatic carbocycles. The van der Waals surface area contributed by atoms with Gasteiger partial charge in [-0.25, -0.2) is 9.37 Å². The second-order valence-electron chi connectivity index (χ2n) is 3.99. The first-order valence-corrected chi connectivity index (χ1v) is 5.69. The number of hydrogen-bond donors (Lipinski definition) is 2. The van der Waals surface area contributed by atoms with Gasteiger partial charge >= 0.3 is 5.97 Å². The Morgan fingerprint density at radius 2 is 2.32 bits per heavy atom. The van der Waals surface area contributed by atoms with E-state index in [0.29, 0.717) is 23.5 Å². The summed E-state index contributed by atoms with van der Waals surface area (Å²) in [5, 5.41) is 8.59. The predicted octanol–water partition coefficient (Wildman–Crippen LogP) is 2.24. The largest absolute Gasteiger partial charge is 0.494 e. The zero-order valence-electron chi connectivity index (χ0n) is 10.3. The second kappa shape index (κ2) is 5.51. The molecule has 1 aromatic heterocycles. The van der Waals surface area contributed by atoms with Crippen molar-refractivity contribution in [3.05, 3.63) is 36.0 Å². The number of halogens is 1. The van der Waals surface area contributed by atoms with Gasteiger partial charge in [0.15, 0.2) is 11.6 Å². The summed E-state index contributed by atoms with van der Waals surface area (Å²) in [6.45, 7) is 0. The third kappa shape index (κ3) is 3.09. The van der Waals surface area contributed by atoms with Gasteiger partial charge in [-0.05, 0) is 18.2 Å². The number of nitrogens with one attached hydrogen (secondary N) is 1. The first kappa shape index (κ1) is 13.1. The topological polar surface area (TPSA) is 75.2 Å². The Balaban J connectivity index is 2.18. The smallest absolute Gasteiger partial charge is 0.303 e. The van der Waals surface area contributed by atoms with E-state index in [1.807, 2.05) is 0 Å². The van der Waals surface area contributed by atoms with Crippen molar-refractivity contribution in [2.45, 2.75) is 12.8 Å². The van der Waals surface area contributed by atoms with Crippen LogP contribution in [0, 0.1) is 5.82 Å². The van der Waals surface area contributed by atoms with Crippen LogP contribution in [0.15, 0.2) is 24.4 Å². The molecule has 1 heterocycles. The van der Waals surface area contributed by atoms with E-state index >= 15 is 0 Å². The van der Waals surface area contributed by atoms with Crippen molar-refractivity contribution in [2.24, 2.45) is 0 Å². The molecule has 0 atom stereocenters. The Hall–Kier alpha value is -2.37. The van der Waals surface area contributed by atoms with E-state index in [1.54, 1.807) is 12.3 Å². The molecule has 5 nitrogen and oxygen atoms in total. The van der Waals surface area contributed by atoms with Gasteiger partial charge in [0.25, 0.3) is 0 Å². The Bertz CT molecular complexity index is 595. The summed E-state index contributed by atoms with van der Waals surface area (Å²) in [5.41, 5.74) is 1.27. The number of ether oxygens (including phenoxy) is 1. The zero-order chi connectivity index (χ0) is 13.8. The molecule has 1 aromatic carbocycles. The maximum atomic E-state index is 13.6. The van der Waals surface area contributed by atoms with Gasteiger partial charge < -0.3 is 14.8 Å². The normalized spacial score (nSPS) is 10.4. The van der Waals surface area contributed by atoms with Gasteiger partial charge in [0.1, 0.15) is 5.82 Å². The van der Waals surface area contributed by atoms with E-state index in [-0.39, 0.29) is 12.2 Å². The number of H-pyrrole nitrogens is 1. The second-order valence-corrected chi connectivity index (χ2v) is 3.99. The lowest BCUT2D eigenvalue weighted by Crippen LogP contribution is -1.98. The van der Waals surface area contributed by atoms with E-state index in [2.05, 4.69) is 9.97 Å². The van der Waals surface area contributed by atoms with Crippen LogP contribution in [0.3, 0.4) is 0 Å². The minimum Gasteiger partial charge on any atom is -0.494 e. The molecule has 0 spiro atoms. The Labute approximate surface area is 109 Å². The molecule has 0 unspecified atom stereocenters. The van der Waals surface area contributed by atoms with Crippen molar-refractivity contribution in [1.82, 2.24) is 9.97 Å². The lowest BCUT2D eigenvalue weighted by molar-refractivity contribution is -0.137. The number of carboxylic acids is 1. The molecule has 0 saturated carbocycles. The average Bonchev–Trinajstić information content (AvgIpc) is 2.85. The number of imidazole rings is 1. The number of benzene rings is 1. The van der Waals surface area contributed by atoms with Crippen molar-refractivity contribution < 1.29 is 19.0 Å². The summed E-state index contributed by atoms with van der Waals surface area (Å²) >= 11 is 0. The first-order chi connectivity index (χ1) is 9.10. The Morgan fingerprint density at radius 3 is 2.95 bits per heavy atom. The van der Waals surface area contributed by atoms with Crippen LogP contribution >= 0.6 is 0 Å². The molecule has 6 heteroatoms. The molecular formula is C13H13FN2O3. The highest BCUT2D eigenvalue weighted by molar-refractivity contribution is 5.67. The van der Waals surface area contributed by atoms with Crippen LogP contribution in [0.4, 0.5) is 4.39 Å². The SMILES string of the molecule is COc1ccc(-c2cnc(CCC(=O)O)[nH]2)cc1F. The monoisotopic (exact) mass is 264 g/mol. The van der Waals surface area contributed by atoms with Gasteiger partial charge in [0.05, 0.1) is 25.4 Å². The molecule has 19 heavy (non-hydrogen) atoms. The quantitative estimate of drug-likeness (QED) is 0.868. The number of nitrogens with zero attached hydrogens (tertiary/aromatic N) is 1. The van der Waals surface area contributed by atoms with Gasteiger partial charge in [-0.1, -0.05) is 0 Å². The van der Waals surface area contributed by atoms with Crippen LogP contribution in [0.25, 0.3) is 11.3 Å². The van der Waals surface area contributed by atoms with Crippen molar-refractivity contribution in [3.8, 4) is 17.0 Å². The summed E-state index contributed by atoms with van der Waals surface area (Å²) in [6, 6.07) is 4.58. The van der Waals surface area contributed by atoms with Crippen LogP contribution in [0.5, 0.6) is 5.75 Å². The molecule has 0 radical (unpaired) electrons. The van der Waals surface area contributed by atoms with Crippen LogP contribution in [0.1, 0.15) is 12.2 Å². The lowest BCUT2D eigenvalue weighted by Gasteiger charge is -2.03. The fourth-order valence-corrected chi connectivity index (χ4v) is 1.70. The van der Waals surface area contributed by atoms with E-state index in [0.717, 1.165) is 0 Å². The number of methoxy groups -OCH3 is 1. The van der Waals surface area contributed by atoms with Gasteiger partial charge in [0, 0.05) is 12.0 Å². The number of aromatic amines is 1. The average molecular weight is 264 g/mol. The van der Waals surface area contributed by atoms with E-state index in [4.69, 9.17) is 9.84 Å². The van der Waals surface area contributed by atoms with Crippen LogP contribution in [-0.4, -0.2) is 28.2 Å². The van der Waals surface area contributed by atoms with Gasteiger partial charge in [-0.3, -0.25) is 4.79 Å². The molecule has 0 aliphatic heterocycles. The van der Waals surface area contributed by atoms with Crippen LogP contribution < -0.4 is 4.74 Å². The maximum Gasteiger partial charge on any atom is 0.303 e. The highest BCUT2D eigenvalue weighted by atomic mass is 19.1. The van der Waals surface area contributed by atoms with Gasteiger partial charge in [-0.15, -0.1) is 0 Å². The minimum atomic E-state index is -0.881. The summed E-state index contributed by atoms with van der Waals surface area (Å²) < 4.78 is 18.4. The van der Waals surface area contributed by atoms with E-state index < -0.39 is 11.8 Å². The fourth-order valence-electron chi connectivity index (χ4n) is 1.70. The number of hydrogen-bond acceptors (Lipinski definition) is 3. The lowest BCUT2D eigenvalue weighted by atomic mass is 10.1. The molecule has 0 saturated heterocycles. The highest BCUT2D eigenvalue weighted by Gasteiger charge is 2.08. The van der Waals surface area contributed by atoms with E-state index in [1.165, 1.54) is 19.2 Å². The molecule has 0 bridgehead atoms. The molecule has 0 aliphatic rings. The van der Waals surface area contributed by atoms with Crippen molar-refractivity contribution in [3.63, 3.8) is 0 Å². The number of carbonyl (C=O) groups is 1. The summed E-state index contributed by atoms with van der Waals surface area (Å²) in [6.07, 6.45) is 1.87. The molecule has 0 amide bonds. The van der Waals surface area contributed by atoms with Crippen LogP contribution in [-0.2, 0) is 11.2 Å². The zero-order valence-corrected chi connectivity index (χ0v) is 10.3. The summed E-state index contributed by atoms with van der Waals surface area (Å²) in [5.74, 6) is -0.599. The maximum absolute atomic E-state index is 13.6. The number of aromatic nitrogens is 2. The van der Waals surface area contributed by atoms with E-state index in [9.17, 15) is 9.18 Å². The molecule has 100 valence electrons. The molecule has 2 N–H and O–H groups in total. The molecule has 2 aromatic rings. The summed E-state index contributed by atoms with van der Waals surface area (Å²) in [4.78, 5) is 17.5. The van der Waals surface area contributed by atoms with Gasteiger partial charge in [-0.2, -0.15) is 0 Å². The Kier molecular flexibility index (Phi) is 3.79. The van der Waals surface area contributed by atoms with Crippen LogP contribution in [0.2, 0.25) is 0 Å². The third-order valence-electron chi connectivity index (χ3n) is 2.67. The highest BCUT2D eigenvalue weighted by Crippen LogP contribution is 2.24. The minimum absolute atomic E-state index is 0.00390. The third-order valence-corrected chi connectivity index (χ3v) is 2.67.